The van der Waals surface area contributed by atoms with Crippen LogP contribution >= 0.6 is 15.9 Å². The minimum atomic E-state index is -1.31. The van der Waals surface area contributed by atoms with Crippen molar-refractivity contribution in [1.29, 1.82) is 0 Å². The number of carbonyl (C=O) groups excluding carboxylic acids is 1. The molecule has 5 nitrogen and oxygen atoms in total. The first-order chi connectivity index (χ1) is 14.7. The van der Waals surface area contributed by atoms with E-state index in [9.17, 15) is 4.79 Å². The second kappa shape index (κ2) is 8.02. The van der Waals surface area contributed by atoms with E-state index in [0.29, 0.717) is 32.8 Å². The van der Waals surface area contributed by atoms with Gasteiger partial charge in [0.2, 0.25) is 0 Å². The van der Waals surface area contributed by atoms with Crippen molar-refractivity contribution in [3.05, 3.63) is 70.7 Å². The number of hydrogen-bond donors (Lipinski definition) is 0. The maximum atomic E-state index is 13.3. The normalized spacial score (nSPS) is 17.5. The van der Waals surface area contributed by atoms with Gasteiger partial charge in [-0.15, -0.1) is 0 Å². The largest absolute Gasteiger partial charge is 0.494 e. The zero-order valence-corrected chi connectivity index (χ0v) is 18.1. The van der Waals surface area contributed by atoms with Gasteiger partial charge in [0.05, 0.1) is 25.5 Å². The van der Waals surface area contributed by atoms with Gasteiger partial charge in [0.15, 0.2) is 0 Å². The number of fused-ring (bicyclic) bond motifs is 3. The Hall–Kier alpha value is -2.41. The molecule has 154 valence electrons. The highest BCUT2D eigenvalue weighted by atomic mass is 79.9. The molecule has 0 saturated carbocycles. The molecule has 1 fully saturated rings. The number of carbonyl (C=O) groups is 1. The van der Waals surface area contributed by atoms with Gasteiger partial charge in [-0.05, 0) is 53.9 Å². The Kier molecular flexibility index (Phi) is 5.23. The van der Waals surface area contributed by atoms with E-state index in [1.807, 2.05) is 42.5 Å². The zero-order chi connectivity index (χ0) is 20.6. The van der Waals surface area contributed by atoms with Crippen molar-refractivity contribution in [2.75, 3.05) is 31.3 Å². The number of benzene rings is 3. The summed E-state index contributed by atoms with van der Waals surface area (Å²) in [5.74, 6) is -0.626. The number of hydrogen-bond acceptors (Lipinski definition) is 4. The Bertz CT molecular complexity index is 1090. The van der Waals surface area contributed by atoms with Crippen LogP contribution in [0.1, 0.15) is 18.4 Å². The molecule has 0 aromatic heterocycles. The molecular formula is C24H22BrNO4. The summed E-state index contributed by atoms with van der Waals surface area (Å²) in [6.45, 7) is 2.07. The van der Waals surface area contributed by atoms with Crippen LogP contribution in [0.4, 0.5) is 5.69 Å². The van der Waals surface area contributed by atoms with Crippen LogP contribution in [0.5, 0.6) is 5.75 Å². The number of rotatable bonds is 5. The Morgan fingerprint density at radius 2 is 1.80 bits per heavy atom. The molecule has 0 bridgehead atoms. The number of halogens is 1. The summed E-state index contributed by atoms with van der Waals surface area (Å²) in [7, 11) is 0. The number of ether oxygens (including phenoxy) is 3. The van der Waals surface area contributed by atoms with Crippen molar-refractivity contribution in [3.8, 4) is 5.75 Å². The monoisotopic (exact) mass is 467 g/mol. The van der Waals surface area contributed by atoms with E-state index in [1.54, 1.807) is 4.90 Å². The lowest BCUT2D eigenvalue weighted by molar-refractivity contribution is -0.256. The fourth-order valence-electron chi connectivity index (χ4n) is 4.11. The molecule has 2 heterocycles. The van der Waals surface area contributed by atoms with Gasteiger partial charge in [-0.3, -0.25) is 4.79 Å². The first kappa shape index (κ1) is 19.5. The minimum Gasteiger partial charge on any atom is -0.494 e. The average Bonchev–Trinajstić information content (AvgIpc) is 2.99. The molecule has 0 atom stereocenters. The molecule has 0 radical (unpaired) electrons. The molecule has 30 heavy (non-hydrogen) atoms. The summed E-state index contributed by atoms with van der Waals surface area (Å²) in [4.78, 5) is 15.0. The van der Waals surface area contributed by atoms with Gasteiger partial charge < -0.3 is 19.1 Å². The predicted octanol–water partition coefficient (Wildman–Crippen LogP) is 5.01. The molecule has 0 unspecified atom stereocenters. The van der Waals surface area contributed by atoms with Gasteiger partial charge in [-0.1, -0.05) is 46.3 Å². The molecule has 3 aromatic rings. The Morgan fingerprint density at radius 1 is 1.00 bits per heavy atom. The molecule has 1 amide bonds. The summed E-state index contributed by atoms with van der Waals surface area (Å²) in [5.41, 5.74) is 1.62. The molecule has 1 spiro atoms. The second-order valence-corrected chi connectivity index (χ2v) is 8.41. The Labute approximate surface area is 183 Å². The third kappa shape index (κ3) is 3.39. The van der Waals surface area contributed by atoms with Gasteiger partial charge in [0.1, 0.15) is 5.75 Å². The van der Waals surface area contributed by atoms with Crippen LogP contribution in [0.15, 0.2) is 65.1 Å². The molecule has 2 aliphatic heterocycles. The maximum Gasteiger partial charge on any atom is 0.292 e. The fraction of sp³-hybridized carbons (Fsp3) is 0.292. The van der Waals surface area contributed by atoms with Crippen molar-refractivity contribution in [1.82, 2.24) is 0 Å². The molecule has 2 aliphatic rings. The van der Waals surface area contributed by atoms with Gasteiger partial charge in [-0.2, -0.15) is 0 Å². The predicted molar refractivity (Wildman–Crippen MR) is 119 cm³/mol. The molecule has 5 rings (SSSR count). The quantitative estimate of drug-likeness (QED) is 0.495. The van der Waals surface area contributed by atoms with Crippen molar-refractivity contribution in [2.24, 2.45) is 0 Å². The van der Waals surface area contributed by atoms with Crippen LogP contribution in [0.3, 0.4) is 0 Å². The van der Waals surface area contributed by atoms with Crippen LogP contribution in [0.25, 0.3) is 10.8 Å². The number of amides is 1. The highest BCUT2D eigenvalue weighted by Gasteiger charge is 2.54. The van der Waals surface area contributed by atoms with Crippen LogP contribution in [0, 0.1) is 0 Å². The van der Waals surface area contributed by atoms with Gasteiger partial charge in [0, 0.05) is 16.6 Å². The van der Waals surface area contributed by atoms with E-state index in [4.69, 9.17) is 14.2 Å². The highest BCUT2D eigenvalue weighted by Crippen LogP contribution is 2.46. The second-order valence-electron chi connectivity index (χ2n) is 7.50. The van der Waals surface area contributed by atoms with Crippen molar-refractivity contribution >= 4 is 38.3 Å². The maximum absolute atomic E-state index is 13.3. The summed E-state index contributed by atoms with van der Waals surface area (Å²) >= 11 is 3.50. The molecule has 3 aromatic carbocycles. The summed E-state index contributed by atoms with van der Waals surface area (Å²) in [6.07, 6.45) is 1.49. The SMILES string of the molecule is O=C1N(CCCOc2ccc3ccccc3c2)c2ccc(Br)cc2C12OCCCO2. The standard InChI is InChI=1S/C24H22BrNO4/c25-19-8-10-22-21(16-19)24(29-13-4-14-30-24)23(27)26(22)11-3-12-28-20-9-7-17-5-1-2-6-18(17)15-20/h1-2,5-10,15-16H,3-4,11-14H2. The zero-order valence-electron chi connectivity index (χ0n) is 16.5. The third-order valence-corrected chi connectivity index (χ3v) is 6.04. The van der Waals surface area contributed by atoms with Gasteiger partial charge in [-0.25, -0.2) is 0 Å². The first-order valence-corrected chi connectivity index (χ1v) is 11.0. The Balaban J connectivity index is 1.28. The van der Waals surface area contributed by atoms with Crippen molar-refractivity contribution < 1.29 is 19.0 Å². The van der Waals surface area contributed by atoms with E-state index >= 15 is 0 Å². The summed E-state index contributed by atoms with van der Waals surface area (Å²) in [6, 6.07) is 20.1. The first-order valence-electron chi connectivity index (χ1n) is 10.2. The lowest BCUT2D eigenvalue weighted by Crippen LogP contribution is -2.47. The van der Waals surface area contributed by atoms with Crippen molar-refractivity contribution in [2.45, 2.75) is 18.6 Å². The van der Waals surface area contributed by atoms with Crippen LogP contribution in [0.2, 0.25) is 0 Å². The van der Waals surface area contributed by atoms with E-state index in [1.165, 1.54) is 5.39 Å². The number of nitrogens with zero attached hydrogens (tertiary/aromatic N) is 1. The Morgan fingerprint density at radius 3 is 2.63 bits per heavy atom. The molecular weight excluding hydrogens is 446 g/mol. The topological polar surface area (TPSA) is 48.0 Å². The van der Waals surface area contributed by atoms with Crippen LogP contribution in [-0.2, 0) is 20.1 Å². The summed E-state index contributed by atoms with van der Waals surface area (Å²) in [5, 5.41) is 2.34. The number of anilines is 1. The van der Waals surface area contributed by atoms with E-state index in [-0.39, 0.29) is 5.91 Å². The van der Waals surface area contributed by atoms with E-state index in [0.717, 1.165) is 33.3 Å². The smallest absolute Gasteiger partial charge is 0.292 e. The average molecular weight is 468 g/mol. The van der Waals surface area contributed by atoms with Gasteiger partial charge in [0.25, 0.3) is 11.7 Å². The lowest BCUT2D eigenvalue weighted by atomic mass is 10.1. The minimum absolute atomic E-state index is 0.152. The molecule has 1 saturated heterocycles. The molecule has 0 aliphatic carbocycles. The fourth-order valence-corrected chi connectivity index (χ4v) is 4.47. The van der Waals surface area contributed by atoms with Crippen molar-refractivity contribution in [3.63, 3.8) is 0 Å². The third-order valence-electron chi connectivity index (χ3n) is 5.55. The highest BCUT2D eigenvalue weighted by molar-refractivity contribution is 9.10. The van der Waals surface area contributed by atoms with Crippen LogP contribution < -0.4 is 9.64 Å². The van der Waals surface area contributed by atoms with Crippen LogP contribution in [-0.4, -0.2) is 32.3 Å². The molecule has 0 N–H and O–H groups in total. The molecule has 6 heteroatoms. The summed E-state index contributed by atoms with van der Waals surface area (Å²) < 4.78 is 18.6. The lowest BCUT2D eigenvalue weighted by Gasteiger charge is -2.32. The van der Waals surface area contributed by atoms with E-state index in [2.05, 4.69) is 34.1 Å². The van der Waals surface area contributed by atoms with E-state index < -0.39 is 5.79 Å². The van der Waals surface area contributed by atoms with Gasteiger partial charge >= 0.3 is 0 Å².